The Bertz CT molecular complexity index is 469. The lowest BCUT2D eigenvalue weighted by molar-refractivity contribution is 0.0506. The molecule has 0 aliphatic heterocycles. The molecule has 0 saturated carbocycles. The fraction of sp³-hybridized carbons (Fsp3) is 0.533. The molecule has 0 aliphatic carbocycles. The van der Waals surface area contributed by atoms with Gasteiger partial charge in [-0.3, -0.25) is 0 Å². The molecule has 1 atom stereocenters. The summed E-state index contributed by atoms with van der Waals surface area (Å²) >= 11 is 6.16. The summed E-state index contributed by atoms with van der Waals surface area (Å²) in [5.74, 6) is 0. The maximum Gasteiger partial charge on any atom is 0.407 e. The summed E-state index contributed by atoms with van der Waals surface area (Å²) in [4.78, 5) is 11.7. The molecule has 0 fully saturated rings. The van der Waals surface area contributed by atoms with Crippen molar-refractivity contribution >= 4 is 17.7 Å². The van der Waals surface area contributed by atoms with E-state index in [2.05, 4.69) is 5.32 Å². The molecule has 0 aromatic heterocycles. The number of amides is 1. The minimum absolute atomic E-state index is 0.204. The second-order valence-electron chi connectivity index (χ2n) is 5.88. The van der Waals surface area contributed by atoms with E-state index in [1.807, 2.05) is 45.9 Å². The summed E-state index contributed by atoms with van der Waals surface area (Å²) in [7, 11) is 0. The van der Waals surface area contributed by atoms with E-state index in [9.17, 15) is 4.79 Å². The van der Waals surface area contributed by atoms with Crippen LogP contribution in [0.1, 0.15) is 31.9 Å². The Kier molecular flexibility index (Phi) is 5.84. The minimum atomic E-state index is -0.524. The molecule has 3 N–H and O–H groups in total. The number of benzene rings is 1. The van der Waals surface area contributed by atoms with Crippen molar-refractivity contribution < 1.29 is 9.53 Å². The summed E-state index contributed by atoms with van der Waals surface area (Å²) in [6, 6.07) is 5.60. The van der Waals surface area contributed by atoms with Crippen LogP contribution in [-0.2, 0) is 11.2 Å². The van der Waals surface area contributed by atoms with Gasteiger partial charge in [0.2, 0.25) is 0 Å². The number of rotatable bonds is 4. The first-order chi connectivity index (χ1) is 9.21. The largest absolute Gasteiger partial charge is 0.444 e. The number of halogens is 1. The van der Waals surface area contributed by atoms with Crippen LogP contribution in [0.4, 0.5) is 4.79 Å². The van der Waals surface area contributed by atoms with Crippen molar-refractivity contribution in [2.24, 2.45) is 5.73 Å². The van der Waals surface area contributed by atoms with Crippen LogP contribution in [0, 0.1) is 6.92 Å². The van der Waals surface area contributed by atoms with Crippen molar-refractivity contribution in [3.8, 4) is 0 Å². The molecule has 0 radical (unpaired) electrons. The first kappa shape index (κ1) is 16.8. The van der Waals surface area contributed by atoms with Crippen molar-refractivity contribution in [2.75, 3.05) is 6.54 Å². The van der Waals surface area contributed by atoms with Crippen LogP contribution in [-0.4, -0.2) is 24.3 Å². The van der Waals surface area contributed by atoms with Gasteiger partial charge in [-0.25, -0.2) is 4.79 Å². The Balaban J connectivity index is 2.68. The Morgan fingerprint density at radius 3 is 2.65 bits per heavy atom. The van der Waals surface area contributed by atoms with Gasteiger partial charge in [0, 0.05) is 17.6 Å². The van der Waals surface area contributed by atoms with Gasteiger partial charge in [-0.1, -0.05) is 29.3 Å². The van der Waals surface area contributed by atoms with Crippen molar-refractivity contribution in [1.82, 2.24) is 5.32 Å². The average Bonchev–Trinajstić information content (AvgIpc) is 2.30. The topological polar surface area (TPSA) is 64.3 Å². The monoisotopic (exact) mass is 298 g/mol. The number of ether oxygens (including phenoxy) is 1. The molecule has 20 heavy (non-hydrogen) atoms. The number of nitrogens with two attached hydrogens (primary N) is 1. The predicted molar refractivity (Wildman–Crippen MR) is 82.1 cm³/mol. The molecule has 1 amide bonds. The van der Waals surface area contributed by atoms with Gasteiger partial charge in [0.15, 0.2) is 0 Å². The van der Waals surface area contributed by atoms with Crippen LogP contribution in [0.15, 0.2) is 18.2 Å². The second kappa shape index (κ2) is 6.95. The maximum atomic E-state index is 11.7. The number of carbonyl (C=O) groups excluding carboxylic acids is 1. The first-order valence-corrected chi connectivity index (χ1v) is 7.03. The Morgan fingerprint density at radius 2 is 2.10 bits per heavy atom. The van der Waals surface area contributed by atoms with Crippen molar-refractivity contribution in [2.45, 2.75) is 45.8 Å². The van der Waals surface area contributed by atoms with Gasteiger partial charge in [-0.05, 0) is 45.7 Å². The molecular formula is C15H23ClN2O2. The van der Waals surface area contributed by atoms with E-state index in [1.165, 1.54) is 0 Å². The molecule has 0 aliphatic rings. The van der Waals surface area contributed by atoms with Gasteiger partial charge in [0.25, 0.3) is 0 Å². The molecule has 0 saturated heterocycles. The van der Waals surface area contributed by atoms with Gasteiger partial charge in [-0.15, -0.1) is 0 Å². The molecule has 4 nitrogen and oxygen atoms in total. The quantitative estimate of drug-likeness (QED) is 0.898. The van der Waals surface area contributed by atoms with Gasteiger partial charge < -0.3 is 15.8 Å². The summed E-state index contributed by atoms with van der Waals surface area (Å²) < 4.78 is 5.22. The van der Waals surface area contributed by atoms with E-state index in [4.69, 9.17) is 22.1 Å². The average molecular weight is 299 g/mol. The number of nitrogens with one attached hydrogen (secondary N) is 1. The number of aryl methyl sites for hydroxylation is 1. The van der Waals surface area contributed by atoms with Crippen LogP contribution >= 0.6 is 11.6 Å². The first-order valence-electron chi connectivity index (χ1n) is 6.66. The van der Waals surface area contributed by atoms with Crippen LogP contribution in [0.25, 0.3) is 0 Å². The maximum absolute atomic E-state index is 11.7. The normalized spacial score (nSPS) is 12.9. The molecule has 0 heterocycles. The summed E-state index contributed by atoms with van der Waals surface area (Å²) in [5.41, 5.74) is 7.28. The third kappa shape index (κ3) is 5.80. The van der Waals surface area contributed by atoms with Gasteiger partial charge in [0.1, 0.15) is 5.60 Å². The number of alkyl carbamates (subject to hydrolysis) is 1. The predicted octanol–water partition coefficient (Wildman–Crippen LogP) is 3.04. The highest BCUT2D eigenvalue weighted by Gasteiger charge is 2.19. The van der Waals surface area contributed by atoms with Crippen molar-refractivity contribution in [3.05, 3.63) is 34.3 Å². The fourth-order valence-electron chi connectivity index (χ4n) is 1.79. The van der Waals surface area contributed by atoms with E-state index in [1.54, 1.807) is 0 Å². The van der Waals surface area contributed by atoms with Gasteiger partial charge in [0.05, 0.1) is 0 Å². The molecule has 112 valence electrons. The van der Waals surface area contributed by atoms with Crippen molar-refractivity contribution in [1.29, 1.82) is 0 Å². The van der Waals surface area contributed by atoms with Crippen LogP contribution in [0.2, 0.25) is 5.02 Å². The highest BCUT2D eigenvalue weighted by Crippen LogP contribution is 2.19. The van der Waals surface area contributed by atoms with Gasteiger partial charge in [-0.2, -0.15) is 0 Å². The Morgan fingerprint density at radius 1 is 1.45 bits per heavy atom. The van der Waals surface area contributed by atoms with E-state index < -0.39 is 11.7 Å². The summed E-state index contributed by atoms with van der Waals surface area (Å²) in [6.07, 6.45) is 0.118. The molecule has 1 rings (SSSR count). The number of carbonyl (C=O) groups is 1. The van der Waals surface area contributed by atoms with E-state index >= 15 is 0 Å². The number of hydrogen-bond donors (Lipinski definition) is 2. The van der Waals surface area contributed by atoms with Crippen LogP contribution < -0.4 is 11.1 Å². The molecule has 1 aromatic carbocycles. The third-order valence-electron chi connectivity index (χ3n) is 2.67. The molecular weight excluding hydrogens is 276 g/mol. The highest BCUT2D eigenvalue weighted by molar-refractivity contribution is 6.31. The lowest BCUT2D eigenvalue weighted by Gasteiger charge is -2.23. The van der Waals surface area contributed by atoms with Crippen LogP contribution in [0.5, 0.6) is 0 Å². The summed E-state index contributed by atoms with van der Waals surface area (Å²) in [5, 5.41) is 3.45. The Labute approximate surface area is 125 Å². The lowest BCUT2D eigenvalue weighted by Crippen LogP contribution is -2.44. The smallest absolute Gasteiger partial charge is 0.407 e. The standard InChI is InChI=1S/C15H23ClN2O2/c1-10-5-6-13(16)11(7-10)8-12(9-17)18-14(19)20-15(2,3)4/h5-7,12H,8-9,17H2,1-4H3,(H,18,19). The summed E-state index contributed by atoms with van der Waals surface area (Å²) in [6.45, 7) is 7.78. The number of hydrogen-bond acceptors (Lipinski definition) is 3. The van der Waals surface area contributed by atoms with E-state index in [-0.39, 0.29) is 6.04 Å². The molecule has 5 heteroatoms. The van der Waals surface area contributed by atoms with Crippen LogP contribution in [0.3, 0.4) is 0 Å². The highest BCUT2D eigenvalue weighted by atomic mass is 35.5. The van der Waals surface area contributed by atoms with Crippen molar-refractivity contribution in [3.63, 3.8) is 0 Å². The zero-order chi connectivity index (χ0) is 15.3. The Hall–Kier alpha value is -1.26. The van der Waals surface area contributed by atoms with E-state index in [0.29, 0.717) is 18.0 Å². The SMILES string of the molecule is Cc1ccc(Cl)c(CC(CN)NC(=O)OC(C)(C)C)c1. The van der Waals surface area contributed by atoms with E-state index in [0.717, 1.165) is 11.1 Å². The molecule has 1 unspecified atom stereocenters. The van der Waals surface area contributed by atoms with Gasteiger partial charge >= 0.3 is 6.09 Å². The molecule has 0 spiro atoms. The second-order valence-corrected chi connectivity index (χ2v) is 6.29. The lowest BCUT2D eigenvalue weighted by atomic mass is 10.0. The fourth-order valence-corrected chi connectivity index (χ4v) is 1.99. The zero-order valence-corrected chi connectivity index (χ0v) is 13.3. The molecule has 0 bridgehead atoms. The molecule has 1 aromatic rings. The third-order valence-corrected chi connectivity index (χ3v) is 3.04. The minimum Gasteiger partial charge on any atom is -0.444 e. The zero-order valence-electron chi connectivity index (χ0n) is 12.5.